The second kappa shape index (κ2) is 10.9. The molecule has 0 aliphatic carbocycles. The summed E-state index contributed by atoms with van der Waals surface area (Å²) in [5.41, 5.74) is 5.51. The van der Waals surface area contributed by atoms with E-state index in [9.17, 15) is 9.59 Å². The van der Waals surface area contributed by atoms with Gasteiger partial charge in [0.2, 0.25) is 5.91 Å². The van der Waals surface area contributed by atoms with Crippen molar-refractivity contribution in [2.75, 3.05) is 66.5 Å². The standard InChI is InChI=1S/C30H32N6O3/c1-21(37)36-13-10-22-18-23(6-8-28(22)36)32-30(38)33-27-7-9-29(26-5-3-2-4-25(26)27)35-12-11-24(31-20-35)19-34-14-16-39-17-15-34/h2-9,11-12,18H,10,13-17,19-20H2,1H3,(H2,32,33,38). The summed E-state index contributed by atoms with van der Waals surface area (Å²) in [6.07, 6.45) is 4.95. The monoisotopic (exact) mass is 524 g/mol. The van der Waals surface area contributed by atoms with Crippen LogP contribution >= 0.6 is 0 Å². The van der Waals surface area contributed by atoms with Crippen LogP contribution < -0.4 is 20.4 Å². The molecule has 1 fully saturated rings. The predicted octanol–water partition coefficient (Wildman–Crippen LogP) is 4.46. The second-order valence-electron chi connectivity index (χ2n) is 9.99. The van der Waals surface area contributed by atoms with Crippen molar-refractivity contribution in [1.29, 1.82) is 0 Å². The van der Waals surface area contributed by atoms with Crippen molar-refractivity contribution in [3.8, 4) is 0 Å². The Bertz CT molecular complexity index is 1480. The zero-order chi connectivity index (χ0) is 26.8. The molecule has 200 valence electrons. The van der Waals surface area contributed by atoms with Crippen LogP contribution in [0.5, 0.6) is 0 Å². The van der Waals surface area contributed by atoms with Crippen LogP contribution in [-0.4, -0.2) is 68.6 Å². The van der Waals surface area contributed by atoms with Crippen molar-refractivity contribution in [1.82, 2.24) is 4.90 Å². The predicted molar refractivity (Wildman–Crippen MR) is 156 cm³/mol. The van der Waals surface area contributed by atoms with Gasteiger partial charge in [-0.25, -0.2) is 4.79 Å². The first-order chi connectivity index (χ1) is 19.0. The Morgan fingerprint density at radius 1 is 0.949 bits per heavy atom. The van der Waals surface area contributed by atoms with Crippen LogP contribution in [-0.2, 0) is 16.0 Å². The van der Waals surface area contributed by atoms with Gasteiger partial charge in [-0.05, 0) is 48.4 Å². The van der Waals surface area contributed by atoms with Gasteiger partial charge >= 0.3 is 6.03 Å². The molecule has 3 aromatic rings. The Hall–Kier alpha value is -4.21. The quantitative estimate of drug-likeness (QED) is 0.515. The summed E-state index contributed by atoms with van der Waals surface area (Å²) in [4.78, 5) is 35.8. The lowest BCUT2D eigenvalue weighted by atomic mass is 10.1. The molecule has 0 bridgehead atoms. The average molecular weight is 525 g/mol. The first-order valence-electron chi connectivity index (χ1n) is 13.3. The fourth-order valence-corrected chi connectivity index (χ4v) is 5.42. The van der Waals surface area contributed by atoms with Gasteiger partial charge in [0.05, 0.1) is 30.3 Å². The Morgan fingerprint density at radius 3 is 2.51 bits per heavy atom. The number of hydrogen-bond donors (Lipinski definition) is 2. The van der Waals surface area contributed by atoms with Gasteiger partial charge in [-0.2, -0.15) is 0 Å². The highest BCUT2D eigenvalue weighted by atomic mass is 16.5. The molecule has 1 saturated heterocycles. The maximum atomic E-state index is 12.9. The largest absolute Gasteiger partial charge is 0.379 e. The van der Waals surface area contributed by atoms with Gasteiger partial charge in [-0.1, -0.05) is 24.3 Å². The number of hydrogen-bond acceptors (Lipinski definition) is 6. The van der Waals surface area contributed by atoms with Gasteiger partial charge in [-0.3, -0.25) is 14.7 Å². The summed E-state index contributed by atoms with van der Waals surface area (Å²) in [6.45, 7) is 7.07. The number of amides is 3. The molecule has 6 rings (SSSR count). The Morgan fingerprint density at radius 2 is 1.74 bits per heavy atom. The van der Waals surface area contributed by atoms with Crippen LogP contribution in [0.4, 0.5) is 27.5 Å². The normalized spacial score (nSPS) is 17.2. The van der Waals surface area contributed by atoms with Crippen molar-refractivity contribution < 1.29 is 14.3 Å². The molecular weight excluding hydrogens is 492 g/mol. The lowest BCUT2D eigenvalue weighted by molar-refractivity contribution is -0.116. The smallest absolute Gasteiger partial charge is 0.323 e. The molecule has 9 nitrogen and oxygen atoms in total. The Labute approximate surface area is 227 Å². The molecule has 39 heavy (non-hydrogen) atoms. The molecule has 0 saturated carbocycles. The van der Waals surface area contributed by atoms with Crippen LogP contribution in [0, 0.1) is 0 Å². The maximum absolute atomic E-state index is 12.9. The third-order valence-corrected chi connectivity index (χ3v) is 7.43. The van der Waals surface area contributed by atoms with Crippen LogP contribution in [0.15, 0.2) is 71.9 Å². The summed E-state index contributed by atoms with van der Waals surface area (Å²) < 4.78 is 5.44. The number of aliphatic imine (C=N–C) groups is 1. The van der Waals surface area contributed by atoms with Gasteiger partial charge < -0.3 is 25.2 Å². The minimum atomic E-state index is -0.315. The first kappa shape index (κ1) is 25.1. The zero-order valence-corrected chi connectivity index (χ0v) is 22.0. The van der Waals surface area contributed by atoms with E-state index in [0.29, 0.717) is 18.9 Å². The second-order valence-corrected chi connectivity index (χ2v) is 9.99. The van der Waals surface area contributed by atoms with E-state index in [-0.39, 0.29) is 11.9 Å². The topological polar surface area (TPSA) is 89.5 Å². The lowest BCUT2D eigenvalue weighted by Crippen LogP contribution is -2.40. The summed E-state index contributed by atoms with van der Waals surface area (Å²) in [5.74, 6) is 0.0304. The van der Waals surface area contributed by atoms with Crippen LogP contribution in [0.25, 0.3) is 10.8 Å². The van der Waals surface area contributed by atoms with E-state index in [1.54, 1.807) is 11.8 Å². The number of nitrogens with zero attached hydrogens (tertiary/aromatic N) is 4. The van der Waals surface area contributed by atoms with Gasteiger partial charge in [0.1, 0.15) is 6.67 Å². The highest BCUT2D eigenvalue weighted by Gasteiger charge is 2.22. The van der Waals surface area contributed by atoms with Crippen molar-refractivity contribution >= 4 is 51.2 Å². The molecular formula is C30H32N6O3. The van der Waals surface area contributed by atoms with E-state index in [1.807, 2.05) is 48.5 Å². The van der Waals surface area contributed by atoms with Crippen molar-refractivity contribution in [3.05, 3.63) is 72.4 Å². The number of rotatable bonds is 5. The van der Waals surface area contributed by atoms with Gasteiger partial charge in [0.15, 0.2) is 0 Å². The maximum Gasteiger partial charge on any atom is 0.323 e. The number of fused-ring (bicyclic) bond motifs is 2. The molecule has 3 aromatic carbocycles. The molecule has 3 heterocycles. The van der Waals surface area contributed by atoms with Gasteiger partial charge in [0.25, 0.3) is 0 Å². The molecule has 0 spiro atoms. The number of ether oxygens (including phenoxy) is 1. The Kier molecular flexibility index (Phi) is 7.00. The van der Waals surface area contributed by atoms with Crippen LogP contribution in [0.1, 0.15) is 12.5 Å². The number of morpholine rings is 1. The van der Waals surface area contributed by atoms with Crippen molar-refractivity contribution in [3.63, 3.8) is 0 Å². The summed E-state index contributed by atoms with van der Waals surface area (Å²) in [7, 11) is 0. The van der Waals surface area contributed by atoms with E-state index in [2.05, 4.69) is 38.8 Å². The lowest BCUT2D eigenvalue weighted by Gasteiger charge is -2.29. The fourth-order valence-electron chi connectivity index (χ4n) is 5.42. The molecule has 2 N–H and O–H groups in total. The van der Waals surface area contributed by atoms with Gasteiger partial charge in [-0.15, -0.1) is 0 Å². The van der Waals surface area contributed by atoms with Crippen LogP contribution in [0.3, 0.4) is 0 Å². The molecule has 0 unspecified atom stereocenters. The number of anilines is 4. The number of carbonyl (C=O) groups excluding carboxylic acids is 2. The van der Waals surface area contributed by atoms with E-state index in [0.717, 1.165) is 78.4 Å². The summed E-state index contributed by atoms with van der Waals surface area (Å²) in [6, 6.07) is 17.4. The number of carbonyl (C=O) groups is 2. The molecule has 0 aromatic heterocycles. The summed E-state index contributed by atoms with van der Waals surface area (Å²) >= 11 is 0. The molecule has 9 heteroatoms. The SMILES string of the molecule is CC(=O)N1CCc2cc(NC(=O)Nc3ccc(N4C=CC(CN5CCOCC5)=NC4)c4ccccc34)ccc21. The van der Waals surface area contributed by atoms with Gasteiger partial charge in [0, 0.05) is 61.4 Å². The molecule has 3 aliphatic rings. The van der Waals surface area contributed by atoms with E-state index < -0.39 is 0 Å². The fraction of sp³-hybridized carbons (Fsp3) is 0.300. The molecule has 0 radical (unpaired) electrons. The van der Waals surface area contributed by atoms with Crippen molar-refractivity contribution in [2.45, 2.75) is 13.3 Å². The minimum Gasteiger partial charge on any atom is -0.379 e. The summed E-state index contributed by atoms with van der Waals surface area (Å²) in [5, 5.41) is 7.94. The molecule has 3 aliphatic heterocycles. The zero-order valence-electron chi connectivity index (χ0n) is 22.0. The van der Waals surface area contributed by atoms with E-state index in [4.69, 9.17) is 9.73 Å². The Balaban J connectivity index is 1.15. The number of nitrogens with one attached hydrogen (secondary N) is 2. The van der Waals surface area contributed by atoms with Crippen LogP contribution in [0.2, 0.25) is 0 Å². The first-order valence-corrected chi connectivity index (χ1v) is 13.3. The third kappa shape index (κ3) is 5.36. The molecule has 0 atom stereocenters. The highest BCUT2D eigenvalue weighted by Crippen LogP contribution is 2.34. The number of benzene rings is 3. The van der Waals surface area contributed by atoms with E-state index in [1.165, 1.54) is 0 Å². The van der Waals surface area contributed by atoms with Crippen molar-refractivity contribution in [2.24, 2.45) is 4.99 Å². The average Bonchev–Trinajstić information content (AvgIpc) is 3.38. The van der Waals surface area contributed by atoms with E-state index >= 15 is 0 Å². The number of urea groups is 1. The minimum absolute atomic E-state index is 0.0304. The third-order valence-electron chi connectivity index (χ3n) is 7.43. The highest BCUT2D eigenvalue weighted by molar-refractivity contribution is 6.10. The molecule has 3 amide bonds.